The number of methoxy groups -OCH3 is 1. The lowest BCUT2D eigenvalue weighted by atomic mass is 9.95. The van der Waals surface area contributed by atoms with Crippen LogP contribution in [-0.4, -0.2) is 28.1 Å². The molecule has 7 heteroatoms. The predicted octanol–water partition coefficient (Wildman–Crippen LogP) is 2.55. The van der Waals surface area contributed by atoms with Gasteiger partial charge in [0.25, 0.3) is 0 Å². The molecule has 0 aliphatic heterocycles. The summed E-state index contributed by atoms with van der Waals surface area (Å²) in [5.74, 6) is 0.470. The van der Waals surface area contributed by atoms with E-state index in [1.54, 1.807) is 7.11 Å². The van der Waals surface area contributed by atoms with Gasteiger partial charge in [0, 0.05) is 12.0 Å². The minimum atomic E-state index is -0.252. The minimum Gasteiger partial charge on any atom is -0.497 e. The highest BCUT2D eigenvalue weighted by Gasteiger charge is 2.19. The van der Waals surface area contributed by atoms with Crippen molar-refractivity contribution in [2.45, 2.75) is 20.3 Å². The average Bonchev–Trinajstić information content (AvgIpc) is 2.60. The summed E-state index contributed by atoms with van der Waals surface area (Å²) in [6.07, 6.45) is 0.434. The Balaban J connectivity index is 2.79. The molecule has 3 N–H and O–H groups in total. The molecule has 25 heavy (non-hydrogen) atoms. The van der Waals surface area contributed by atoms with Crippen molar-refractivity contribution in [1.82, 2.24) is 9.97 Å². The molecule has 0 saturated carbocycles. The molecule has 0 spiro atoms. The van der Waals surface area contributed by atoms with Crippen LogP contribution in [0.2, 0.25) is 0 Å². The van der Waals surface area contributed by atoms with Crippen LogP contribution in [0.5, 0.6) is 5.75 Å². The summed E-state index contributed by atoms with van der Waals surface area (Å²) in [6.45, 7) is 7.69. The van der Waals surface area contributed by atoms with Gasteiger partial charge in [-0.25, -0.2) is 9.97 Å². The molecule has 2 rings (SSSR count). The molecule has 0 atom stereocenters. The Morgan fingerprint density at radius 2 is 2.16 bits per heavy atom. The molecule has 0 saturated heterocycles. The van der Waals surface area contributed by atoms with Crippen molar-refractivity contribution in [1.29, 1.82) is 5.26 Å². The summed E-state index contributed by atoms with van der Waals surface area (Å²) in [4.78, 5) is 8.52. The number of nitrogens with zero attached hydrogens (tertiary/aromatic N) is 4. The smallest absolute Gasteiger partial charge is 0.208 e. The SMILES string of the molecule is C=C(C)Cc1nc(/C(N)=N\O)nc(C#N)c1-c1ccc(OC)cc1C. The zero-order valence-corrected chi connectivity index (χ0v) is 14.4. The summed E-state index contributed by atoms with van der Waals surface area (Å²) in [5, 5.41) is 21.4. The van der Waals surface area contributed by atoms with Gasteiger partial charge in [0.1, 0.15) is 11.8 Å². The molecule has 0 aliphatic rings. The molecule has 0 aliphatic carbocycles. The molecule has 1 aromatic carbocycles. The third kappa shape index (κ3) is 3.75. The van der Waals surface area contributed by atoms with Gasteiger partial charge in [0.2, 0.25) is 5.84 Å². The fourth-order valence-corrected chi connectivity index (χ4v) is 2.49. The summed E-state index contributed by atoms with van der Waals surface area (Å²) < 4.78 is 5.23. The lowest BCUT2D eigenvalue weighted by Crippen LogP contribution is -2.19. The summed E-state index contributed by atoms with van der Waals surface area (Å²) >= 11 is 0. The Morgan fingerprint density at radius 3 is 2.68 bits per heavy atom. The zero-order chi connectivity index (χ0) is 18.6. The molecule has 2 aromatic rings. The van der Waals surface area contributed by atoms with Crippen molar-refractivity contribution in [3.05, 3.63) is 53.1 Å². The van der Waals surface area contributed by atoms with E-state index in [-0.39, 0.29) is 17.4 Å². The number of aromatic nitrogens is 2. The number of rotatable bonds is 5. The van der Waals surface area contributed by atoms with Gasteiger partial charge in [-0.2, -0.15) is 5.26 Å². The second-order valence-electron chi connectivity index (χ2n) is 5.63. The number of hydrogen-bond acceptors (Lipinski definition) is 6. The van der Waals surface area contributed by atoms with Crippen LogP contribution in [0.3, 0.4) is 0 Å². The molecule has 1 aromatic heterocycles. The number of nitrogens with two attached hydrogens (primary N) is 1. The van der Waals surface area contributed by atoms with Gasteiger partial charge in [-0.1, -0.05) is 23.4 Å². The Labute approximate surface area is 146 Å². The molecular weight excluding hydrogens is 318 g/mol. The number of amidine groups is 1. The summed E-state index contributed by atoms with van der Waals surface area (Å²) in [7, 11) is 1.59. The first kappa shape index (κ1) is 17.9. The molecule has 0 radical (unpaired) electrons. The fourth-order valence-electron chi connectivity index (χ4n) is 2.49. The molecule has 0 bridgehead atoms. The van der Waals surface area contributed by atoms with Crippen LogP contribution in [0.4, 0.5) is 0 Å². The average molecular weight is 337 g/mol. The first-order valence-electron chi connectivity index (χ1n) is 7.49. The van der Waals surface area contributed by atoms with Crippen molar-refractivity contribution in [2.75, 3.05) is 7.11 Å². The zero-order valence-electron chi connectivity index (χ0n) is 14.4. The topological polar surface area (TPSA) is 117 Å². The first-order valence-corrected chi connectivity index (χ1v) is 7.49. The maximum absolute atomic E-state index is 9.58. The van der Waals surface area contributed by atoms with E-state index >= 15 is 0 Å². The van der Waals surface area contributed by atoms with E-state index in [2.05, 4.69) is 27.8 Å². The lowest BCUT2D eigenvalue weighted by Gasteiger charge is -2.15. The van der Waals surface area contributed by atoms with Gasteiger partial charge in [0.15, 0.2) is 11.5 Å². The number of oxime groups is 1. The third-order valence-electron chi connectivity index (χ3n) is 3.60. The van der Waals surface area contributed by atoms with Crippen molar-refractivity contribution in [3.63, 3.8) is 0 Å². The molecule has 128 valence electrons. The van der Waals surface area contributed by atoms with E-state index in [4.69, 9.17) is 15.7 Å². The highest BCUT2D eigenvalue weighted by Crippen LogP contribution is 2.32. The number of benzene rings is 1. The third-order valence-corrected chi connectivity index (χ3v) is 3.60. The Kier molecular flexibility index (Phi) is 5.35. The largest absolute Gasteiger partial charge is 0.497 e. The molecule has 0 fully saturated rings. The molecule has 0 amide bonds. The van der Waals surface area contributed by atoms with E-state index in [1.165, 1.54) is 0 Å². The van der Waals surface area contributed by atoms with Crippen molar-refractivity contribution < 1.29 is 9.94 Å². The van der Waals surface area contributed by atoms with Crippen molar-refractivity contribution >= 4 is 5.84 Å². The van der Waals surface area contributed by atoms with E-state index in [9.17, 15) is 5.26 Å². The predicted molar refractivity (Wildman–Crippen MR) is 94.5 cm³/mol. The molecule has 7 nitrogen and oxygen atoms in total. The van der Waals surface area contributed by atoms with Gasteiger partial charge in [0.05, 0.1) is 12.8 Å². The summed E-state index contributed by atoms with van der Waals surface area (Å²) in [5.41, 5.74) is 9.55. The number of allylic oxidation sites excluding steroid dienone is 1. The molecular formula is C18H19N5O2. The molecule has 0 unspecified atom stereocenters. The van der Waals surface area contributed by atoms with Crippen molar-refractivity contribution in [3.8, 4) is 22.9 Å². The fraction of sp³-hybridized carbons (Fsp3) is 0.222. The van der Waals surface area contributed by atoms with Crippen LogP contribution in [0.15, 0.2) is 35.5 Å². The van der Waals surface area contributed by atoms with Gasteiger partial charge in [-0.3, -0.25) is 0 Å². The van der Waals surface area contributed by atoms with E-state index in [0.29, 0.717) is 17.7 Å². The van der Waals surface area contributed by atoms with E-state index in [0.717, 1.165) is 22.4 Å². The number of ether oxygens (including phenoxy) is 1. The number of nitriles is 1. The Morgan fingerprint density at radius 1 is 1.44 bits per heavy atom. The van der Waals surface area contributed by atoms with E-state index < -0.39 is 0 Å². The van der Waals surface area contributed by atoms with Crippen LogP contribution >= 0.6 is 0 Å². The highest BCUT2D eigenvalue weighted by molar-refractivity contribution is 5.94. The maximum atomic E-state index is 9.58. The second-order valence-corrected chi connectivity index (χ2v) is 5.63. The van der Waals surface area contributed by atoms with Gasteiger partial charge < -0.3 is 15.7 Å². The standard InChI is InChI=1S/C18H19N5O2/c1-10(2)7-14-16(13-6-5-12(25-4)8-11(13)3)15(9-19)22-18(21-14)17(20)23-24/h5-6,8,24H,1,7H2,2-4H3,(H2,20,23). The quantitative estimate of drug-likeness (QED) is 0.285. The van der Waals surface area contributed by atoms with Crippen LogP contribution in [-0.2, 0) is 6.42 Å². The van der Waals surface area contributed by atoms with Crippen LogP contribution < -0.4 is 10.5 Å². The maximum Gasteiger partial charge on any atom is 0.208 e. The molecule has 1 heterocycles. The van der Waals surface area contributed by atoms with Crippen LogP contribution in [0.25, 0.3) is 11.1 Å². The summed E-state index contributed by atoms with van der Waals surface area (Å²) in [6, 6.07) is 7.62. The second kappa shape index (κ2) is 7.45. The van der Waals surface area contributed by atoms with Gasteiger partial charge in [-0.05, 0) is 37.1 Å². The number of hydrogen-bond donors (Lipinski definition) is 2. The number of aryl methyl sites for hydroxylation is 1. The van der Waals surface area contributed by atoms with E-state index in [1.807, 2.05) is 32.0 Å². The van der Waals surface area contributed by atoms with Crippen LogP contribution in [0.1, 0.15) is 29.7 Å². The van der Waals surface area contributed by atoms with Gasteiger partial charge in [-0.15, -0.1) is 0 Å². The normalized spacial score (nSPS) is 11.0. The Bertz CT molecular complexity index is 897. The van der Waals surface area contributed by atoms with Gasteiger partial charge >= 0.3 is 0 Å². The highest BCUT2D eigenvalue weighted by atomic mass is 16.5. The lowest BCUT2D eigenvalue weighted by molar-refractivity contribution is 0.318. The Hall–Kier alpha value is -3.40. The monoisotopic (exact) mass is 337 g/mol. The minimum absolute atomic E-state index is 0.00483. The van der Waals surface area contributed by atoms with Crippen molar-refractivity contribution in [2.24, 2.45) is 10.9 Å². The van der Waals surface area contributed by atoms with Crippen LogP contribution in [0, 0.1) is 18.3 Å². The first-order chi connectivity index (χ1) is 11.9.